The first-order chi connectivity index (χ1) is 15.6. The first-order valence-corrected chi connectivity index (χ1v) is 10.6. The predicted molar refractivity (Wildman–Crippen MR) is 122 cm³/mol. The van der Waals surface area contributed by atoms with Crippen molar-refractivity contribution in [3.63, 3.8) is 0 Å². The van der Waals surface area contributed by atoms with E-state index in [0.717, 1.165) is 0 Å². The molecule has 0 aromatic heterocycles. The Labute approximate surface area is 204 Å². The van der Waals surface area contributed by atoms with Crippen LogP contribution >= 0.6 is 12.4 Å². The highest BCUT2D eigenvalue weighted by Gasteiger charge is 2.30. The standard InChI is InChI=1S/C22H31NO10.ClH/c1-5-9-29-21(27)32-17-8-7-15(12-18(17)33-22(28)30-10-6-2)16(19(23)20(25)26)11-13(3)31-14(4)24;/h7-8,12-13,16,19H,5-6,9-11,23H2,1-4H3,(H,25,26);1H/t13-,16?,19+;/m1./s1. The molecule has 11 nitrogen and oxygen atoms in total. The molecule has 34 heavy (non-hydrogen) atoms. The van der Waals surface area contributed by atoms with Crippen LogP contribution in [0.25, 0.3) is 0 Å². The molecule has 0 aliphatic heterocycles. The minimum atomic E-state index is -1.36. The van der Waals surface area contributed by atoms with Gasteiger partial charge in [0.25, 0.3) is 0 Å². The highest BCUT2D eigenvalue weighted by atomic mass is 35.5. The Morgan fingerprint density at radius 3 is 1.97 bits per heavy atom. The number of carbonyl (C=O) groups is 4. The van der Waals surface area contributed by atoms with Gasteiger partial charge in [0.1, 0.15) is 6.04 Å². The van der Waals surface area contributed by atoms with Gasteiger partial charge in [0.05, 0.1) is 19.3 Å². The molecule has 1 aromatic carbocycles. The maximum absolute atomic E-state index is 12.0. The summed E-state index contributed by atoms with van der Waals surface area (Å²) < 4.78 is 25.2. The monoisotopic (exact) mass is 505 g/mol. The van der Waals surface area contributed by atoms with E-state index in [-0.39, 0.29) is 43.5 Å². The molecule has 1 aromatic rings. The van der Waals surface area contributed by atoms with E-state index in [2.05, 4.69) is 0 Å². The SMILES string of the molecule is CCCOC(=O)Oc1ccc(C(C[C@@H](C)OC(C)=O)[C@H](N)C(=O)O)cc1OC(=O)OCCC.Cl. The zero-order valence-corrected chi connectivity index (χ0v) is 20.4. The summed E-state index contributed by atoms with van der Waals surface area (Å²) in [4.78, 5) is 46.7. The van der Waals surface area contributed by atoms with Gasteiger partial charge in [-0.05, 0) is 43.9 Å². The first kappa shape index (κ1) is 30.9. The Balaban J connectivity index is 0.0000109. The molecular weight excluding hydrogens is 474 g/mol. The molecule has 12 heteroatoms. The molecule has 0 bridgehead atoms. The fraction of sp³-hybridized carbons (Fsp3) is 0.545. The van der Waals surface area contributed by atoms with Crippen LogP contribution in [0, 0.1) is 0 Å². The predicted octanol–water partition coefficient (Wildman–Crippen LogP) is 3.80. The molecule has 192 valence electrons. The van der Waals surface area contributed by atoms with Gasteiger partial charge in [-0.2, -0.15) is 0 Å². The maximum atomic E-state index is 12.0. The quantitative estimate of drug-likeness (QED) is 0.241. The van der Waals surface area contributed by atoms with E-state index in [1.807, 2.05) is 6.92 Å². The van der Waals surface area contributed by atoms with Crippen molar-refractivity contribution < 1.29 is 48.0 Å². The molecule has 3 atom stereocenters. The minimum Gasteiger partial charge on any atom is -0.480 e. The van der Waals surface area contributed by atoms with Crippen LogP contribution in [0.1, 0.15) is 58.4 Å². The van der Waals surface area contributed by atoms with Gasteiger partial charge in [-0.3, -0.25) is 9.59 Å². The van der Waals surface area contributed by atoms with Gasteiger partial charge in [-0.1, -0.05) is 19.9 Å². The van der Waals surface area contributed by atoms with E-state index in [0.29, 0.717) is 18.4 Å². The van der Waals surface area contributed by atoms with Gasteiger partial charge in [0, 0.05) is 12.8 Å². The van der Waals surface area contributed by atoms with Gasteiger partial charge in [-0.25, -0.2) is 9.59 Å². The summed E-state index contributed by atoms with van der Waals surface area (Å²) in [6.45, 7) is 6.69. The van der Waals surface area contributed by atoms with Crippen LogP contribution in [0.5, 0.6) is 11.5 Å². The van der Waals surface area contributed by atoms with Crippen molar-refractivity contribution in [1.29, 1.82) is 0 Å². The highest BCUT2D eigenvalue weighted by molar-refractivity contribution is 5.85. The topological polar surface area (TPSA) is 161 Å². The number of hydrogen-bond acceptors (Lipinski definition) is 10. The third-order valence-corrected chi connectivity index (χ3v) is 4.30. The molecule has 0 amide bonds. The van der Waals surface area contributed by atoms with Crippen molar-refractivity contribution in [3.05, 3.63) is 23.8 Å². The Morgan fingerprint density at radius 2 is 1.50 bits per heavy atom. The molecule has 0 heterocycles. The number of halogens is 1. The molecule has 1 rings (SSSR count). The second-order valence-electron chi connectivity index (χ2n) is 7.23. The van der Waals surface area contributed by atoms with Crippen LogP contribution in [-0.2, 0) is 23.8 Å². The lowest BCUT2D eigenvalue weighted by molar-refractivity contribution is -0.146. The number of benzene rings is 1. The molecule has 0 spiro atoms. The Morgan fingerprint density at radius 1 is 0.971 bits per heavy atom. The number of carboxylic acids is 1. The summed E-state index contributed by atoms with van der Waals surface area (Å²) in [7, 11) is 0. The number of nitrogens with two attached hydrogens (primary N) is 1. The van der Waals surface area contributed by atoms with Gasteiger partial charge in [-0.15, -0.1) is 12.4 Å². The molecule has 0 aliphatic carbocycles. The summed E-state index contributed by atoms with van der Waals surface area (Å²) in [5.74, 6) is -2.95. The van der Waals surface area contributed by atoms with E-state index in [9.17, 15) is 24.3 Å². The van der Waals surface area contributed by atoms with Crippen LogP contribution < -0.4 is 15.2 Å². The molecule has 0 saturated carbocycles. The van der Waals surface area contributed by atoms with Crippen molar-refractivity contribution >= 4 is 36.7 Å². The van der Waals surface area contributed by atoms with Crippen molar-refractivity contribution in [1.82, 2.24) is 0 Å². The lowest BCUT2D eigenvalue weighted by atomic mass is 9.87. The van der Waals surface area contributed by atoms with Gasteiger partial charge in [0.15, 0.2) is 11.5 Å². The second kappa shape index (κ2) is 15.7. The summed E-state index contributed by atoms with van der Waals surface area (Å²) >= 11 is 0. The van der Waals surface area contributed by atoms with Crippen molar-refractivity contribution in [2.24, 2.45) is 5.73 Å². The number of esters is 1. The van der Waals surface area contributed by atoms with Crippen molar-refractivity contribution in [3.8, 4) is 11.5 Å². The molecular formula is C22H32ClNO10. The van der Waals surface area contributed by atoms with E-state index >= 15 is 0 Å². The third kappa shape index (κ3) is 10.7. The average Bonchev–Trinajstić information content (AvgIpc) is 2.74. The molecule has 0 fully saturated rings. The van der Waals surface area contributed by atoms with Crippen LogP contribution in [0.2, 0.25) is 0 Å². The number of hydrogen-bond donors (Lipinski definition) is 2. The normalized spacial score (nSPS) is 12.9. The number of ether oxygens (including phenoxy) is 5. The number of carbonyl (C=O) groups excluding carboxylic acids is 3. The highest BCUT2D eigenvalue weighted by Crippen LogP contribution is 2.35. The largest absolute Gasteiger partial charge is 0.513 e. The van der Waals surface area contributed by atoms with E-state index in [4.69, 9.17) is 29.4 Å². The van der Waals surface area contributed by atoms with Crippen molar-refractivity contribution in [2.45, 2.75) is 65.0 Å². The first-order valence-electron chi connectivity index (χ1n) is 10.6. The lowest BCUT2D eigenvalue weighted by Gasteiger charge is -2.25. The van der Waals surface area contributed by atoms with Crippen LogP contribution in [0.4, 0.5) is 9.59 Å². The number of rotatable bonds is 12. The van der Waals surface area contributed by atoms with Crippen LogP contribution in [0.15, 0.2) is 18.2 Å². The Hall–Kier alpha value is -3.05. The summed E-state index contributed by atoms with van der Waals surface area (Å²) in [5, 5.41) is 9.45. The van der Waals surface area contributed by atoms with Crippen LogP contribution in [-0.4, -0.2) is 54.7 Å². The summed E-state index contributed by atoms with van der Waals surface area (Å²) in [5.41, 5.74) is 6.24. The van der Waals surface area contributed by atoms with E-state index < -0.39 is 42.3 Å². The summed E-state index contributed by atoms with van der Waals surface area (Å²) in [6, 6.07) is 2.76. The third-order valence-electron chi connectivity index (χ3n) is 4.30. The molecule has 3 N–H and O–H groups in total. The lowest BCUT2D eigenvalue weighted by Crippen LogP contribution is -2.38. The number of aliphatic carboxylic acids is 1. The smallest absolute Gasteiger partial charge is 0.480 e. The average molecular weight is 506 g/mol. The van der Waals surface area contributed by atoms with Gasteiger partial charge in [0.2, 0.25) is 0 Å². The van der Waals surface area contributed by atoms with Crippen molar-refractivity contribution in [2.75, 3.05) is 13.2 Å². The van der Waals surface area contributed by atoms with E-state index in [1.54, 1.807) is 13.8 Å². The Bertz CT molecular complexity index is 832. The Kier molecular flexibility index (Phi) is 14.3. The fourth-order valence-corrected chi connectivity index (χ4v) is 2.88. The molecule has 0 aliphatic rings. The molecule has 1 unspecified atom stereocenters. The summed E-state index contributed by atoms with van der Waals surface area (Å²) in [6.07, 6.45) is -1.46. The minimum absolute atomic E-state index is 0. The van der Waals surface area contributed by atoms with Gasteiger partial charge >= 0.3 is 24.2 Å². The molecule has 0 saturated heterocycles. The number of carboxylic acid groups (broad SMARTS) is 1. The second-order valence-corrected chi connectivity index (χ2v) is 7.23. The fourth-order valence-electron chi connectivity index (χ4n) is 2.88. The molecule has 0 radical (unpaired) electrons. The maximum Gasteiger partial charge on any atom is 0.513 e. The van der Waals surface area contributed by atoms with E-state index in [1.165, 1.54) is 25.1 Å². The van der Waals surface area contributed by atoms with Crippen LogP contribution in [0.3, 0.4) is 0 Å². The zero-order valence-electron chi connectivity index (χ0n) is 19.6. The zero-order chi connectivity index (χ0) is 25.0. The van der Waals surface area contributed by atoms with Gasteiger partial charge < -0.3 is 34.5 Å².